The van der Waals surface area contributed by atoms with Gasteiger partial charge < -0.3 is 10.4 Å². The number of carboxylic acids is 1. The van der Waals surface area contributed by atoms with Crippen LogP contribution in [0.2, 0.25) is 0 Å². The van der Waals surface area contributed by atoms with E-state index in [9.17, 15) is 9.90 Å². The van der Waals surface area contributed by atoms with Crippen molar-refractivity contribution in [2.24, 2.45) is 0 Å². The molecule has 112 valence electrons. The van der Waals surface area contributed by atoms with E-state index in [1.54, 1.807) is 6.20 Å². The molecule has 8 heteroatoms. The summed E-state index contributed by atoms with van der Waals surface area (Å²) in [4.78, 5) is 27.6. The number of aromatic carboxylic acids is 1. The maximum atomic E-state index is 11.2. The van der Waals surface area contributed by atoms with Crippen LogP contribution in [-0.4, -0.2) is 35.4 Å². The summed E-state index contributed by atoms with van der Waals surface area (Å²) >= 11 is 0. The highest BCUT2D eigenvalue weighted by Gasteiger charge is 2.18. The molecule has 8 nitrogen and oxygen atoms in total. The highest BCUT2D eigenvalue weighted by Crippen LogP contribution is 2.22. The molecule has 0 aliphatic heterocycles. The quantitative estimate of drug-likeness (QED) is 0.739. The SMILES string of the molecule is CC[C@H](Nc1ncncc1C(=O)O)c1cn2cccnc2n1. The Labute approximate surface area is 125 Å². The highest BCUT2D eigenvalue weighted by molar-refractivity contribution is 5.92. The van der Waals surface area contributed by atoms with Crippen LogP contribution in [0.5, 0.6) is 0 Å². The minimum absolute atomic E-state index is 0.0304. The van der Waals surface area contributed by atoms with Gasteiger partial charge in [-0.15, -0.1) is 0 Å². The van der Waals surface area contributed by atoms with E-state index in [0.29, 0.717) is 12.2 Å². The molecule has 0 spiro atoms. The van der Waals surface area contributed by atoms with Gasteiger partial charge in [0.05, 0.1) is 11.7 Å². The molecule has 3 heterocycles. The van der Waals surface area contributed by atoms with Gasteiger partial charge in [-0.2, -0.15) is 0 Å². The number of hydrogen-bond acceptors (Lipinski definition) is 6. The van der Waals surface area contributed by atoms with Crippen LogP contribution in [0.1, 0.15) is 35.4 Å². The van der Waals surface area contributed by atoms with Crippen molar-refractivity contribution in [2.45, 2.75) is 19.4 Å². The average Bonchev–Trinajstić information content (AvgIpc) is 2.96. The van der Waals surface area contributed by atoms with E-state index in [1.807, 2.05) is 29.8 Å². The van der Waals surface area contributed by atoms with Gasteiger partial charge in [-0.25, -0.2) is 24.7 Å². The maximum Gasteiger partial charge on any atom is 0.341 e. The van der Waals surface area contributed by atoms with Crippen LogP contribution in [0.3, 0.4) is 0 Å². The topological polar surface area (TPSA) is 105 Å². The third kappa shape index (κ3) is 2.58. The van der Waals surface area contributed by atoms with Gasteiger partial charge in [0.15, 0.2) is 0 Å². The normalized spacial score (nSPS) is 12.2. The Bertz CT molecular complexity index is 783. The van der Waals surface area contributed by atoms with Crippen molar-refractivity contribution in [1.82, 2.24) is 24.3 Å². The molecule has 0 saturated carbocycles. The van der Waals surface area contributed by atoms with Gasteiger partial charge in [-0.1, -0.05) is 6.92 Å². The second-order valence-corrected chi connectivity index (χ2v) is 4.69. The third-order valence-corrected chi connectivity index (χ3v) is 3.27. The third-order valence-electron chi connectivity index (χ3n) is 3.27. The Balaban J connectivity index is 1.93. The molecule has 22 heavy (non-hydrogen) atoms. The lowest BCUT2D eigenvalue weighted by Gasteiger charge is -2.16. The smallest absolute Gasteiger partial charge is 0.341 e. The average molecular weight is 298 g/mol. The first-order valence-electron chi connectivity index (χ1n) is 6.78. The van der Waals surface area contributed by atoms with E-state index >= 15 is 0 Å². The summed E-state index contributed by atoms with van der Waals surface area (Å²) in [6.45, 7) is 1.98. The van der Waals surface area contributed by atoms with Crippen molar-refractivity contribution in [3.8, 4) is 0 Å². The van der Waals surface area contributed by atoms with Crippen LogP contribution in [0.25, 0.3) is 5.78 Å². The van der Waals surface area contributed by atoms with Crippen molar-refractivity contribution in [2.75, 3.05) is 5.32 Å². The van der Waals surface area contributed by atoms with E-state index < -0.39 is 5.97 Å². The number of imidazole rings is 1. The lowest BCUT2D eigenvalue weighted by atomic mass is 10.1. The van der Waals surface area contributed by atoms with Crippen LogP contribution in [-0.2, 0) is 0 Å². The first-order chi connectivity index (χ1) is 10.7. The zero-order valence-corrected chi connectivity index (χ0v) is 11.8. The summed E-state index contributed by atoms with van der Waals surface area (Å²) in [6, 6.07) is 1.65. The molecule has 0 aliphatic rings. The monoisotopic (exact) mass is 298 g/mol. The number of aromatic nitrogens is 5. The summed E-state index contributed by atoms with van der Waals surface area (Å²) in [7, 11) is 0. The lowest BCUT2D eigenvalue weighted by molar-refractivity contribution is 0.0697. The Kier molecular flexibility index (Phi) is 3.65. The molecule has 0 aromatic carbocycles. The minimum Gasteiger partial charge on any atom is -0.477 e. The molecule has 3 aromatic rings. The van der Waals surface area contributed by atoms with Crippen molar-refractivity contribution < 1.29 is 9.90 Å². The predicted octanol–water partition coefficient (Wildman–Crippen LogP) is 1.78. The van der Waals surface area contributed by atoms with E-state index in [2.05, 4.69) is 25.3 Å². The fourth-order valence-corrected chi connectivity index (χ4v) is 2.17. The summed E-state index contributed by atoms with van der Waals surface area (Å²) in [6.07, 6.45) is 8.70. The molecular weight excluding hydrogens is 284 g/mol. The summed E-state index contributed by atoms with van der Waals surface area (Å²) in [5.41, 5.74) is 0.805. The second-order valence-electron chi connectivity index (χ2n) is 4.69. The van der Waals surface area contributed by atoms with Crippen LogP contribution in [0.4, 0.5) is 5.82 Å². The fraction of sp³-hybridized carbons (Fsp3) is 0.214. The molecule has 0 saturated heterocycles. The number of carbonyl (C=O) groups is 1. The number of fused-ring (bicyclic) bond motifs is 1. The van der Waals surface area contributed by atoms with Crippen molar-refractivity contribution in [3.05, 3.63) is 48.4 Å². The molecule has 0 aliphatic carbocycles. The van der Waals surface area contributed by atoms with E-state index in [0.717, 1.165) is 5.69 Å². The predicted molar refractivity (Wildman–Crippen MR) is 78.6 cm³/mol. The van der Waals surface area contributed by atoms with Crippen LogP contribution < -0.4 is 5.32 Å². The fourth-order valence-electron chi connectivity index (χ4n) is 2.17. The van der Waals surface area contributed by atoms with E-state index in [4.69, 9.17) is 0 Å². The largest absolute Gasteiger partial charge is 0.477 e. The Morgan fingerprint density at radius 1 is 1.45 bits per heavy atom. The first kappa shape index (κ1) is 13.9. The number of anilines is 1. The molecule has 0 radical (unpaired) electrons. The molecule has 0 amide bonds. The Morgan fingerprint density at radius 3 is 3.05 bits per heavy atom. The standard InChI is InChI=1S/C14H14N6O2/c1-2-10(11-7-20-5-3-4-16-14(20)19-11)18-12-9(13(21)22)6-15-8-17-12/h3-8,10H,2H2,1H3,(H,21,22)(H,15,17,18)/t10-/m0/s1. The van der Waals surface area contributed by atoms with Gasteiger partial charge in [-0.3, -0.25) is 4.40 Å². The maximum absolute atomic E-state index is 11.2. The highest BCUT2D eigenvalue weighted by atomic mass is 16.4. The summed E-state index contributed by atoms with van der Waals surface area (Å²) in [5.74, 6) is -0.201. The number of rotatable bonds is 5. The van der Waals surface area contributed by atoms with E-state index in [-0.39, 0.29) is 17.4 Å². The van der Waals surface area contributed by atoms with Crippen molar-refractivity contribution in [3.63, 3.8) is 0 Å². The summed E-state index contributed by atoms with van der Waals surface area (Å²) in [5, 5.41) is 12.3. The first-order valence-corrected chi connectivity index (χ1v) is 6.78. The number of hydrogen-bond donors (Lipinski definition) is 2. The van der Waals surface area contributed by atoms with Crippen molar-refractivity contribution in [1.29, 1.82) is 0 Å². The van der Waals surface area contributed by atoms with Gasteiger partial charge in [0.25, 0.3) is 0 Å². The number of carboxylic acid groups (broad SMARTS) is 1. The van der Waals surface area contributed by atoms with Crippen LogP contribution >= 0.6 is 0 Å². The molecule has 0 fully saturated rings. The second kappa shape index (κ2) is 5.76. The Hall–Kier alpha value is -3.03. The molecular formula is C14H14N6O2. The molecule has 3 rings (SSSR count). The molecule has 0 unspecified atom stereocenters. The zero-order valence-electron chi connectivity index (χ0n) is 11.8. The van der Waals surface area contributed by atoms with Gasteiger partial charge in [0.2, 0.25) is 5.78 Å². The number of nitrogens with one attached hydrogen (secondary N) is 1. The Morgan fingerprint density at radius 2 is 2.32 bits per heavy atom. The summed E-state index contributed by atoms with van der Waals surface area (Å²) < 4.78 is 1.82. The minimum atomic E-state index is -1.07. The molecule has 2 N–H and O–H groups in total. The molecule has 3 aromatic heterocycles. The molecule has 0 bridgehead atoms. The lowest BCUT2D eigenvalue weighted by Crippen LogP contribution is -2.14. The molecule has 1 atom stereocenters. The van der Waals surface area contributed by atoms with Gasteiger partial charge >= 0.3 is 5.97 Å². The van der Waals surface area contributed by atoms with E-state index in [1.165, 1.54) is 12.5 Å². The van der Waals surface area contributed by atoms with Gasteiger partial charge in [-0.05, 0) is 12.5 Å². The van der Waals surface area contributed by atoms with Crippen LogP contribution in [0.15, 0.2) is 37.2 Å². The zero-order chi connectivity index (χ0) is 15.5. The van der Waals surface area contributed by atoms with Crippen LogP contribution in [0, 0.1) is 0 Å². The number of nitrogens with zero attached hydrogens (tertiary/aromatic N) is 5. The van der Waals surface area contributed by atoms with Gasteiger partial charge in [0, 0.05) is 24.8 Å². The van der Waals surface area contributed by atoms with Gasteiger partial charge in [0.1, 0.15) is 17.7 Å². The van der Waals surface area contributed by atoms with Crippen molar-refractivity contribution >= 4 is 17.6 Å².